The number of hydrogen-bond acceptors (Lipinski definition) is 30. The summed E-state index contributed by atoms with van der Waals surface area (Å²) in [5.41, 5.74) is 0.523. The Labute approximate surface area is 446 Å². The van der Waals surface area contributed by atoms with Crippen LogP contribution in [0, 0.1) is 0 Å². The zero-order chi connectivity index (χ0) is 59.3. The summed E-state index contributed by atoms with van der Waals surface area (Å²) in [6.45, 7) is 0.0438. The van der Waals surface area contributed by atoms with Crippen molar-refractivity contribution in [2.75, 3.05) is 0 Å². The van der Waals surface area contributed by atoms with E-state index in [1.54, 1.807) is 24.4 Å². The number of hydrogen-bond donors (Lipinski definition) is 4. The first-order chi connectivity index (χ1) is 40.6. The van der Waals surface area contributed by atoms with E-state index in [0.29, 0.717) is 40.0 Å². The van der Waals surface area contributed by atoms with Crippen molar-refractivity contribution in [2.45, 2.75) is 26.4 Å². The van der Waals surface area contributed by atoms with Crippen LogP contribution in [-0.2, 0) is 54.6 Å². The summed E-state index contributed by atoms with van der Waals surface area (Å²) < 4.78 is 58.9. The maximum absolute atomic E-state index is 11.9. The van der Waals surface area contributed by atoms with Gasteiger partial charge in [-0.2, -0.15) is 28.1 Å². The molecule has 12 aromatic rings. The molecule has 0 aliphatic carbocycles. The molecule has 0 saturated carbocycles. The third kappa shape index (κ3) is 12.6. The first-order valence-corrected chi connectivity index (χ1v) is 22.2. The summed E-state index contributed by atoms with van der Waals surface area (Å²) in [7, 11) is 5.93. The van der Waals surface area contributed by atoms with Gasteiger partial charge in [0.2, 0.25) is 29.3 Å². The molecular weight excluding hydrogens is 1060 g/mol. The number of tetrazole rings is 4. The van der Waals surface area contributed by atoms with Gasteiger partial charge in [0, 0.05) is 83.4 Å². The molecule has 12 heterocycles. The lowest BCUT2D eigenvalue weighted by Gasteiger charge is -2.06. The van der Waals surface area contributed by atoms with Crippen molar-refractivity contribution in [3.05, 3.63) is 151 Å². The molecule has 0 saturated heterocycles. The molecule has 408 valence electrons. The van der Waals surface area contributed by atoms with Crippen LogP contribution < -0.4 is 41.7 Å². The fraction of sp³-hybridized carbons (Fsp3) is 0.211. The van der Waals surface area contributed by atoms with Gasteiger partial charge in [-0.05, 0) is 59.1 Å². The highest BCUT2D eigenvalue weighted by Gasteiger charge is 2.18. The van der Waals surface area contributed by atoms with Crippen LogP contribution in [0.2, 0.25) is 5.65 Å². The molecule has 0 radical (unpaired) electrons. The predicted molar refractivity (Wildman–Crippen MR) is 256 cm³/mol. The fourth-order valence-corrected chi connectivity index (χ4v) is 6.01. The monoisotopic (exact) mass is 1110 g/mol. The molecule has 0 aliphatic rings. The Bertz CT molecular complexity index is 3840. The van der Waals surface area contributed by atoms with Gasteiger partial charge in [0.25, 0.3) is 0 Å². The number of aryl methyl sites for hydroxylation is 4. The molecule has 0 aliphatic heterocycles. The normalized spacial score (nSPS) is 11.3. The number of pyridine rings is 1. The molecule has 42 heteroatoms. The standard InChI is InChI=1S/C11H11N7O2.3C9H9N9O2/c1-17-11(19)18(16-15-17)9-3-2-5-12-8(9)7-20-10-4-6-13-14-10;1-17-9(19)18(16-15-17)7-4-11-14-12-6(7)5-20-8-2-3-10-13-8;1-17-9(19)18(16-15-17)8-6(13-12-5-10-8)4-20-7-2-3-11-14-7;1-17-9(19)18(16-15-17)8-6(10-5-12-14-8)4-20-7-2-3-11-13-7/h2-6H,7H2,1H3,(H,13,14);2-4H,5H2,1H3,(H,10,13);2-3,5H,4H2,1H3,(H,11,14);2-3,5H,4H2,1H3,(H,11,13)/i/hT4. The third-order valence-corrected chi connectivity index (χ3v) is 9.83. The maximum Gasteiger partial charge on any atom is 0.369 e. The molecule has 0 spiro atoms. The van der Waals surface area contributed by atoms with E-state index in [1.807, 2.05) is 0 Å². The first kappa shape index (κ1) is 47.4. The number of rotatable bonds is 16. The summed E-state index contributed by atoms with van der Waals surface area (Å²) >= 11 is 0. The molecular formula is C38H38N34O8. The van der Waals surface area contributed by atoms with Crippen molar-refractivity contribution in [1.29, 1.82) is 0 Å². The molecule has 0 unspecified atom stereocenters. The van der Waals surface area contributed by atoms with E-state index in [4.69, 9.17) is 24.6 Å². The third-order valence-electron chi connectivity index (χ3n) is 9.83. The average Bonchev–Trinajstić information content (AvgIpc) is 3.75. The lowest BCUT2D eigenvalue weighted by Crippen LogP contribution is -2.24. The summed E-state index contributed by atoms with van der Waals surface area (Å²) in [5.74, 6) is 1.35. The van der Waals surface area contributed by atoms with E-state index in [0.717, 1.165) is 57.8 Å². The van der Waals surface area contributed by atoms with Gasteiger partial charge >= 0.3 is 22.8 Å². The van der Waals surface area contributed by atoms with E-state index in [9.17, 15) is 19.2 Å². The predicted octanol–water partition coefficient (Wildman–Crippen LogP) is -4.98. The van der Waals surface area contributed by atoms with Crippen LogP contribution in [0.3, 0.4) is 0 Å². The van der Waals surface area contributed by atoms with Gasteiger partial charge in [0.15, 0.2) is 11.5 Å². The van der Waals surface area contributed by atoms with Crippen molar-refractivity contribution >= 4 is 0 Å². The fourth-order valence-electron chi connectivity index (χ4n) is 6.01. The van der Waals surface area contributed by atoms with Crippen LogP contribution in [0.4, 0.5) is 0 Å². The molecule has 80 heavy (non-hydrogen) atoms. The minimum Gasteiger partial charge on any atom is -0.470 e. The van der Waals surface area contributed by atoms with Gasteiger partial charge in [0.1, 0.15) is 67.5 Å². The second-order valence-corrected chi connectivity index (χ2v) is 15.0. The second kappa shape index (κ2) is 24.8. The SMILES string of the molecule is [3H]n1ccc(OCc2ncccc2-n2nnn(C)c2=O)n1.[3H]n1ccc(OCc2ncnnc2-n2nnn(C)c2=O)n1.[3H]n1ccc(OCc2nncnc2-n2nnn(C)c2=O)n1.[3H]n1ccc(OCc2nnncc2-n2nnn(C)c2=O)n1. The van der Waals surface area contributed by atoms with Crippen LogP contribution >= 0.6 is 0 Å². The zero-order valence-electron chi connectivity index (χ0n) is 45.4. The number of aromatic amines is 4. The zero-order valence-corrected chi connectivity index (χ0v) is 41.4. The quantitative estimate of drug-likeness (QED) is 0.0704. The van der Waals surface area contributed by atoms with Crippen molar-refractivity contribution in [1.82, 2.24) is 171 Å². The van der Waals surface area contributed by atoms with E-state index in [-0.39, 0.29) is 61.4 Å². The lowest BCUT2D eigenvalue weighted by atomic mass is 10.3. The molecule has 42 nitrogen and oxygen atoms in total. The van der Waals surface area contributed by atoms with Crippen molar-refractivity contribution in [3.8, 4) is 46.5 Å². The molecule has 12 rings (SSSR count). The van der Waals surface area contributed by atoms with Gasteiger partial charge in [-0.3, -0.25) is 25.4 Å². The average molecular weight is 1110 g/mol. The lowest BCUT2D eigenvalue weighted by molar-refractivity contribution is 0.286. The van der Waals surface area contributed by atoms with E-state index in [1.165, 1.54) is 90.0 Å². The Balaban J connectivity index is 0.000000134. The Hall–Kier alpha value is -12.3. The van der Waals surface area contributed by atoms with Gasteiger partial charge in [-0.15, -0.1) is 60.4 Å². The molecule has 0 aromatic carbocycles. The summed E-state index contributed by atoms with van der Waals surface area (Å²) in [4.78, 5) is 59.6. The summed E-state index contributed by atoms with van der Waals surface area (Å²) in [6.07, 6.45) is 11.0. The number of ether oxygens (including phenoxy) is 4. The summed E-state index contributed by atoms with van der Waals surface area (Å²) in [6, 6.07) is 9.52. The van der Waals surface area contributed by atoms with Crippen LogP contribution in [0.5, 0.6) is 23.5 Å². The second-order valence-electron chi connectivity index (χ2n) is 15.0. The Kier molecular flexibility index (Phi) is 14.7. The Morgan fingerprint density at radius 2 is 0.875 bits per heavy atom. The van der Waals surface area contributed by atoms with Gasteiger partial charge < -0.3 is 18.9 Å². The van der Waals surface area contributed by atoms with Gasteiger partial charge in [0.05, 0.1) is 11.9 Å². The van der Waals surface area contributed by atoms with Crippen molar-refractivity contribution in [3.63, 3.8) is 0 Å². The Morgan fingerprint density at radius 3 is 1.36 bits per heavy atom. The number of aromatic nitrogens is 34. The highest BCUT2D eigenvalue weighted by molar-refractivity contribution is 5.34. The van der Waals surface area contributed by atoms with Gasteiger partial charge in [-0.1, -0.05) is 0 Å². The van der Waals surface area contributed by atoms with Crippen LogP contribution in [0.1, 0.15) is 22.8 Å². The van der Waals surface area contributed by atoms with Gasteiger partial charge in [-0.25, -0.2) is 29.1 Å². The molecule has 0 atom stereocenters. The van der Waals surface area contributed by atoms with Crippen LogP contribution in [0.25, 0.3) is 23.0 Å². The smallest absolute Gasteiger partial charge is 0.369 e. The number of H-pyrrole nitrogens is 4. The van der Waals surface area contributed by atoms with Crippen molar-refractivity contribution in [2.24, 2.45) is 28.2 Å². The highest BCUT2D eigenvalue weighted by Crippen LogP contribution is 2.14. The molecule has 4 N–H and O–H groups in total. The molecule has 0 amide bonds. The highest BCUT2D eigenvalue weighted by atomic mass is 16.5. The maximum atomic E-state index is 11.9. The van der Waals surface area contributed by atoms with E-state index in [2.05, 4.69) is 113 Å². The topological polar surface area (TPSA) is 491 Å². The van der Waals surface area contributed by atoms with Crippen LogP contribution in [-0.4, -0.2) is 171 Å². The molecule has 12 aromatic heterocycles. The van der Waals surface area contributed by atoms with Crippen molar-refractivity contribution < 1.29 is 24.6 Å². The minimum atomic E-state index is -0.478. The van der Waals surface area contributed by atoms with E-state index >= 15 is 0 Å². The summed E-state index contributed by atoms with van der Waals surface area (Å²) in [5, 5.41) is 73.8. The Morgan fingerprint density at radius 1 is 0.438 bits per heavy atom. The van der Waals surface area contributed by atoms with Crippen LogP contribution in [0.15, 0.2) is 105 Å². The van der Waals surface area contributed by atoms with E-state index < -0.39 is 17.1 Å². The first-order valence-electron chi connectivity index (χ1n) is 24.0. The number of nitrogens with zero attached hydrogens (tertiary/aromatic N) is 30. The minimum absolute atomic E-state index is 0.00905. The number of nitrogens with one attached hydrogen (secondary N) is 4. The molecule has 0 bridgehead atoms. The molecule has 0 fully saturated rings. The largest absolute Gasteiger partial charge is 0.470 e.